The molecular formula is C30H44N10O. The molecule has 3 fully saturated rings. The zero-order valence-corrected chi connectivity index (χ0v) is 24.5. The summed E-state index contributed by atoms with van der Waals surface area (Å²) >= 11 is 0. The third-order valence-corrected chi connectivity index (χ3v) is 9.20. The minimum atomic E-state index is -0.164. The maximum Gasteiger partial charge on any atom is 0.269 e. The van der Waals surface area contributed by atoms with E-state index in [1.807, 2.05) is 28.8 Å². The number of nitrogens with two attached hydrogens (primary N) is 1. The number of piperazine rings is 1. The number of aryl methyl sites for hydroxylation is 1. The molecule has 2 aromatic heterocycles. The first-order chi connectivity index (χ1) is 19.9. The Hall–Kier alpha value is -3.28. The lowest BCUT2D eigenvalue weighted by molar-refractivity contribution is 0.0618. The van der Waals surface area contributed by atoms with E-state index in [9.17, 15) is 4.79 Å². The number of anilines is 2. The molecule has 0 atom stereocenters. The molecule has 220 valence electrons. The van der Waals surface area contributed by atoms with Crippen LogP contribution in [0.5, 0.6) is 0 Å². The van der Waals surface area contributed by atoms with E-state index in [4.69, 9.17) is 5.73 Å². The first-order valence-corrected chi connectivity index (χ1v) is 15.2. The van der Waals surface area contributed by atoms with Crippen molar-refractivity contribution in [3.8, 4) is 0 Å². The normalized spacial score (nSPS) is 20.1. The molecule has 2 saturated heterocycles. The second-order valence-corrected chi connectivity index (χ2v) is 12.2. The zero-order valence-electron chi connectivity index (χ0n) is 24.5. The summed E-state index contributed by atoms with van der Waals surface area (Å²) in [5.74, 6) is 1.03. The monoisotopic (exact) mass is 560 g/mol. The van der Waals surface area contributed by atoms with Crippen LogP contribution >= 0.6 is 0 Å². The third kappa shape index (κ3) is 6.47. The fraction of sp³-hybridized carbons (Fsp3) is 0.600. The molecule has 11 heteroatoms. The number of likely N-dealkylation sites (tertiary alicyclic amines) is 1. The maximum atomic E-state index is 13.5. The quantitative estimate of drug-likeness (QED) is 0.402. The number of piperidine rings is 1. The number of amides is 1. The topological polar surface area (TPSA) is 112 Å². The average Bonchev–Trinajstić information content (AvgIpc) is 3.63. The van der Waals surface area contributed by atoms with E-state index in [0.29, 0.717) is 35.0 Å². The average molecular weight is 561 g/mol. The molecule has 0 spiro atoms. The number of nitrogen functional groups attached to an aromatic ring is 1. The Labute approximate surface area is 242 Å². The van der Waals surface area contributed by atoms with E-state index in [-0.39, 0.29) is 11.9 Å². The predicted molar refractivity (Wildman–Crippen MR) is 161 cm³/mol. The molecule has 41 heavy (non-hydrogen) atoms. The Morgan fingerprint density at radius 2 is 1.68 bits per heavy atom. The zero-order chi connectivity index (χ0) is 28.3. The van der Waals surface area contributed by atoms with Gasteiger partial charge in [0, 0.05) is 57.9 Å². The summed E-state index contributed by atoms with van der Waals surface area (Å²) in [6.07, 6.45) is 8.98. The second kappa shape index (κ2) is 12.3. The summed E-state index contributed by atoms with van der Waals surface area (Å²) in [5, 5.41) is 1.84. The lowest BCUT2D eigenvalue weighted by Gasteiger charge is -2.42. The highest BCUT2D eigenvalue weighted by atomic mass is 16.2. The van der Waals surface area contributed by atoms with Crippen LogP contribution in [0.4, 0.5) is 11.8 Å². The molecule has 0 bridgehead atoms. The number of carbonyl (C=O) groups excluding carboxylic acids is 1. The molecule has 1 aromatic carbocycles. The molecule has 0 unspecified atom stereocenters. The highest BCUT2D eigenvalue weighted by molar-refractivity contribution is 5.96. The van der Waals surface area contributed by atoms with E-state index in [2.05, 4.69) is 54.3 Å². The fourth-order valence-corrected chi connectivity index (χ4v) is 6.69. The van der Waals surface area contributed by atoms with Gasteiger partial charge in [-0.15, -0.1) is 0 Å². The number of hydrogen-bond donors (Lipinski definition) is 2. The van der Waals surface area contributed by atoms with Gasteiger partial charge in [-0.3, -0.25) is 25.0 Å². The third-order valence-electron chi connectivity index (χ3n) is 9.20. The van der Waals surface area contributed by atoms with Crippen LogP contribution in [0.3, 0.4) is 0 Å². The summed E-state index contributed by atoms with van der Waals surface area (Å²) in [6, 6.07) is 8.76. The van der Waals surface area contributed by atoms with Crippen molar-refractivity contribution in [1.82, 2.24) is 39.6 Å². The van der Waals surface area contributed by atoms with Crippen LogP contribution < -0.4 is 16.2 Å². The molecule has 2 aliphatic heterocycles. The number of hydrazine groups is 1. The number of imidazole rings is 1. The summed E-state index contributed by atoms with van der Waals surface area (Å²) in [7, 11) is 4.10. The minimum absolute atomic E-state index is 0.164. The molecule has 0 radical (unpaired) electrons. The van der Waals surface area contributed by atoms with Crippen LogP contribution in [-0.4, -0.2) is 99.0 Å². The molecule has 3 aromatic rings. The van der Waals surface area contributed by atoms with Gasteiger partial charge in [-0.2, -0.15) is 9.97 Å². The lowest BCUT2D eigenvalue weighted by Crippen LogP contribution is -2.52. The Balaban J connectivity index is 1.09. The number of nitrogens with one attached hydrogen (secondary N) is 1. The number of benzene rings is 1. The van der Waals surface area contributed by atoms with Gasteiger partial charge in [0.2, 0.25) is 5.95 Å². The first kappa shape index (κ1) is 27.9. The minimum Gasteiger partial charge on any atom is -0.368 e. The summed E-state index contributed by atoms with van der Waals surface area (Å²) < 4.78 is 1.82. The van der Waals surface area contributed by atoms with E-state index < -0.39 is 0 Å². The summed E-state index contributed by atoms with van der Waals surface area (Å²) in [5.41, 5.74) is 12.3. The van der Waals surface area contributed by atoms with Gasteiger partial charge in [0.1, 0.15) is 0 Å². The van der Waals surface area contributed by atoms with Crippen LogP contribution in [0.15, 0.2) is 30.6 Å². The molecular weight excluding hydrogens is 516 g/mol. The van der Waals surface area contributed by atoms with Crippen molar-refractivity contribution in [2.75, 3.05) is 63.6 Å². The SMILES string of the molecule is CN1CCC(N2CCN(Cc3ccc(C(=O)NN(CC4CCCC4)c4nc(N)nc5c4ncn5C)cc3)CC2)CC1. The van der Waals surface area contributed by atoms with Crippen molar-refractivity contribution in [1.29, 1.82) is 0 Å². The van der Waals surface area contributed by atoms with Gasteiger partial charge >= 0.3 is 0 Å². The summed E-state index contributed by atoms with van der Waals surface area (Å²) in [6.45, 7) is 8.47. The van der Waals surface area contributed by atoms with Crippen molar-refractivity contribution in [3.63, 3.8) is 0 Å². The van der Waals surface area contributed by atoms with Crippen LogP contribution in [0, 0.1) is 5.92 Å². The molecule has 11 nitrogen and oxygen atoms in total. The number of rotatable bonds is 8. The Kier molecular flexibility index (Phi) is 8.36. The molecule has 3 N–H and O–H groups in total. The van der Waals surface area contributed by atoms with Crippen LogP contribution in [0.1, 0.15) is 54.4 Å². The van der Waals surface area contributed by atoms with Gasteiger partial charge in [-0.1, -0.05) is 25.0 Å². The van der Waals surface area contributed by atoms with Crippen LogP contribution in [-0.2, 0) is 13.6 Å². The standard InChI is InChI=1S/C30H44N10O/c1-36-13-11-25(12-14-36)39-17-15-38(16-18-39)19-23-7-9-24(10-8-23)29(41)35-40(20-22-5-3-4-6-22)28-26-27(33-30(31)34-28)37(2)21-32-26/h7-10,21-22,25H,3-6,11-20H2,1-2H3,(H,35,41)(H2,31,33,34). The maximum absolute atomic E-state index is 13.5. The van der Waals surface area contributed by atoms with Gasteiger partial charge in [-0.25, -0.2) is 4.98 Å². The Morgan fingerprint density at radius 1 is 0.976 bits per heavy atom. The van der Waals surface area contributed by atoms with Crippen LogP contribution in [0.2, 0.25) is 0 Å². The number of nitrogens with zero attached hydrogens (tertiary/aromatic N) is 8. The largest absolute Gasteiger partial charge is 0.368 e. The number of hydrogen-bond acceptors (Lipinski definition) is 9. The highest BCUT2D eigenvalue weighted by Crippen LogP contribution is 2.29. The van der Waals surface area contributed by atoms with Crippen molar-refractivity contribution in [2.45, 2.75) is 51.1 Å². The summed E-state index contributed by atoms with van der Waals surface area (Å²) in [4.78, 5) is 34.5. The van der Waals surface area contributed by atoms with Crippen molar-refractivity contribution in [2.24, 2.45) is 13.0 Å². The highest BCUT2D eigenvalue weighted by Gasteiger charge is 2.27. The van der Waals surface area contributed by atoms with Crippen molar-refractivity contribution >= 4 is 28.8 Å². The lowest BCUT2D eigenvalue weighted by atomic mass is 10.0. The molecule has 1 aliphatic carbocycles. The molecule has 3 aliphatic rings. The van der Waals surface area contributed by atoms with Gasteiger partial charge < -0.3 is 15.2 Å². The van der Waals surface area contributed by atoms with E-state index >= 15 is 0 Å². The van der Waals surface area contributed by atoms with Gasteiger partial charge in [0.15, 0.2) is 17.0 Å². The molecule has 6 rings (SSSR count). The predicted octanol–water partition coefficient (Wildman–Crippen LogP) is 2.50. The van der Waals surface area contributed by atoms with E-state index in [0.717, 1.165) is 51.6 Å². The van der Waals surface area contributed by atoms with Gasteiger partial charge in [-0.05, 0) is 69.4 Å². The smallest absolute Gasteiger partial charge is 0.269 e. The number of aromatic nitrogens is 4. The number of carbonyl (C=O) groups is 1. The van der Waals surface area contributed by atoms with E-state index in [1.54, 1.807) is 6.33 Å². The van der Waals surface area contributed by atoms with Crippen molar-refractivity contribution in [3.05, 3.63) is 41.7 Å². The molecule has 4 heterocycles. The van der Waals surface area contributed by atoms with Gasteiger partial charge in [0.25, 0.3) is 5.91 Å². The second-order valence-electron chi connectivity index (χ2n) is 12.2. The van der Waals surface area contributed by atoms with Crippen LogP contribution in [0.25, 0.3) is 11.2 Å². The van der Waals surface area contributed by atoms with Crippen molar-refractivity contribution < 1.29 is 4.79 Å². The molecule has 1 amide bonds. The Morgan fingerprint density at radius 3 is 2.39 bits per heavy atom. The first-order valence-electron chi connectivity index (χ1n) is 15.2. The molecule has 1 saturated carbocycles. The fourth-order valence-electron chi connectivity index (χ4n) is 6.69. The van der Waals surface area contributed by atoms with E-state index in [1.165, 1.54) is 44.3 Å². The van der Waals surface area contributed by atoms with Gasteiger partial charge in [0.05, 0.1) is 6.33 Å². The Bertz CT molecular complexity index is 1320. The number of fused-ring (bicyclic) bond motifs is 1.